The van der Waals surface area contributed by atoms with E-state index in [2.05, 4.69) is 114 Å². The van der Waals surface area contributed by atoms with E-state index in [1.165, 1.54) is 57.8 Å². The number of nitrogens with zero attached hydrogens (tertiary/aromatic N) is 3. The highest BCUT2D eigenvalue weighted by Gasteiger charge is 2.08. The van der Waals surface area contributed by atoms with Gasteiger partial charge in [-0.05, 0) is 147 Å². The van der Waals surface area contributed by atoms with E-state index in [0.717, 1.165) is 139 Å². The molecule has 0 radical (unpaired) electrons. The SMILES string of the molecule is CCCCCCCCOc1cc2c#cc3cc(CCCCC)cc(c#cc4cc(OCCCCCCCC)cc(c#cc5cc(CCCC)cc(c#cc6cc(OCCCCCCCC)cc(c#cc7cc(CCCCC)cc(c#cc(c1)n2)c7O)n6)c5F)n4)c3O. The molecule has 0 aliphatic carbocycles. The minimum atomic E-state index is -0.558. The Morgan fingerprint density at radius 2 is 0.511 bits per heavy atom. The summed E-state index contributed by atoms with van der Waals surface area (Å²) in [5.74, 6) is 0.963. The lowest BCUT2D eigenvalue weighted by Gasteiger charge is -2.06. The van der Waals surface area contributed by atoms with Crippen molar-refractivity contribution in [2.24, 2.45) is 0 Å². The van der Waals surface area contributed by atoms with Crippen molar-refractivity contribution in [2.45, 2.75) is 228 Å². The Bertz CT molecular complexity index is 3530. The molecule has 92 heavy (non-hydrogen) atoms. The largest absolute Gasteiger partial charge is 0.505 e. The third-order valence-electron chi connectivity index (χ3n) is 16.1. The van der Waals surface area contributed by atoms with Crippen LogP contribution in [-0.4, -0.2) is 45.0 Å². The van der Waals surface area contributed by atoms with Crippen LogP contribution in [0.15, 0.2) is 72.8 Å². The molecule has 12 bridgehead atoms. The summed E-state index contributed by atoms with van der Waals surface area (Å²) < 4.78 is 36.2. The average molecular weight is 1230 g/mol. The molecule has 0 aliphatic heterocycles. The van der Waals surface area contributed by atoms with Gasteiger partial charge in [0.2, 0.25) is 0 Å². The second kappa shape index (κ2) is 40.3. The number of rotatable bonds is 35. The number of pyridine rings is 3. The predicted molar refractivity (Wildman–Crippen MR) is 375 cm³/mol. The third-order valence-corrected chi connectivity index (χ3v) is 16.1. The van der Waals surface area contributed by atoms with Crippen molar-refractivity contribution < 1.29 is 28.8 Å². The smallest absolute Gasteiger partial charge is 0.154 e. The molecular weight excluding hydrogens is 1140 g/mol. The second-order valence-corrected chi connectivity index (χ2v) is 24.2. The molecule has 4 heterocycles. The van der Waals surface area contributed by atoms with Crippen LogP contribution in [0.2, 0.25) is 0 Å². The topological polar surface area (TPSA) is 107 Å². The van der Waals surface area contributed by atoms with E-state index in [1.807, 2.05) is 36.4 Å². The van der Waals surface area contributed by atoms with Crippen LogP contribution in [0.4, 0.5) is 4.39 Å². The van der Waals surface area contributed by atoms with Crippen LogP contribution < -0.4 is 14.2 Å². The van der Waals surface area contributed by atoms with Gasteiger partial charge in [-0.1, -0.05) is 206 Å². The van der Waals surface area contributed by atoms with Crippen molar-refractivity contribution in [3.8, 4) is 28.7 Å². The Balaban J connectivity index is 1.51. The van der Waals surface area contributed by atoms with Gasteiger partial charge in [0.1, 0.15) is 61.8 Å². The molecule has 0 aliphatic rings. The van der Waals surface area contributed by atoms with Crippen molar-refractivity contribution in [1.29, 1.82) is 0 Å². The standard InChI is InChI=1S/C83H96FN3O5/c1-7-13-19-22-25-30-48-90-78-57-72-42-36-66-51-63(33-18-12-6)52-67(81(66)84)37-43-73-58-79(91-49-31-26-23-20-14-8-2)60-75(86-73)45-39-69-54-65(35-29-17-11-5)56-71(83(69)89)41-47-77-62-80(92-50-32-27-24-21-15-9-3)61-76(87-77)46-40-70-55-64(34-28-16-10-4)53-68(82(70)88)38-44-74(59-78)85-72/h51-62,88-89H,7-35,48-50H2,1-6H3. The molecule has 7 aromatic rings. The van der Waals surface area contributed by atoms with Crippen LogP contribution in [0.1, 0.15) is 225 Å². The summed E-state index contributed by atoms with van der Waals surface area (Å²) in [6.45, 7) is 14.6. The lowest BCUT2D eigenvalue weighted by molar-refractivity contribution is 0.304. The van der Waals surface area contributed by atoms with E-state index in [9.17, 15) is 10.2 Å². The van der Waals surface area contributed by atoms with Crippen LogP contribution in [0.3, 0.4) is 0 Å². The first-order valence-corrected chi connectivity index (χ1v) is 34.7. The van der Waals surface area contributed by atoms with Gasteiger partial charge >= 0.3 is 0 Å². The number of benzene rings is 3. The Kier molecular flexibility index (Phi) is 31.0. The molecule has 8 nitrogen and oxygen atoms in total. The molecule has 0 amide bonds. The second-order valence-electron chi connectivity index (χ2n) is 24.2. The molecule has 480 valence electrons. The summed E-state index contributed by atoms with van der Waals surface area (Å²) in [5, 5.41) is 26.1. The molecule has 0 spiro atoms. The quantitative estimate of drug-likeness (QED) is 0.0379. The van der Waals surface area contributed by atoms with E-state index >= 15 is 4.39 Å². The van der Waals surface area contributed by atoms with Crippen LogP contribution in [0, 0.1) is 78.6 Å². The number of hydrogen-bond acceptors (Lipinski definition) is 8. The van der Waals surface area contributed by atoms with E-state index in [1.54, 1.807) is 36.4 Å². The normalized spacial score (nSPS) is 10.6. The van der Waals surface area contributed by atoms with Gasteiger partial charge in [0.05, 0.1) is 52.1 Å². The average Bonchev–Trinajstić information content (AvgIpc) is 1.42. The number of ether oxygens (including phenoxy) is 3. The Hall–Kier alpha value is -8.60. The Morgan fingerprint density at radius 3 is 0.793 bits per heavy atom. The van der Waals surface area contributed by atoms with E-state index in [4.69, 9.17) is 29.2 Å². The fourth-order valence-electron chi connectivity index (χ4n) is 10.8. The van der Waals surface area contributed by atoms with E-state index in [-0.39, 0.29) is 22.3 Å². The number of hydrogen-bond donors (Lipinski definition) is 2. The number of unbranched alkanes of at least 4 members (excludes halogenated alkanes) is 20. The molecule has 0 saturated carbocycles. The number of halogens is 1. The van der Waals surface area contributed by atoms with Crippen LogP contribution in [0.25, 0.3) is 65.4 Å². The zero-order chi connectivity index (χ0) is 65.0. The molecule has 0 saturated heterocycles. The van der Waals surface area contributed by atoms with Gasteiger partial charge in [-0.25, -0.2) is 19.3 Å². The summed E-state index contributed by atoms with van der Waals surface area (Å²) in [6, 6.07) is 60.6. The summed E-state index contributed by atoms with van der Waals surface area (Å²) >= 11 is 0. The van der Waals surface area contributed by atoms with Gasteiger partial charge in [0.25, 0.3) is 0 Å². The lowest BCUT2D eigenvalue weighted by Crippen LogP contribution is -1.97. The fraction of sp³-hybridized carbons (Fsp3) is 0.458. The van der Waals surface area contributed by atoms with Gasteiger partial charge in [0, 0.05) is 36.4 Å². The molecule has 4 aromatic heterocycles. The summed E-state index contributed by atoms with van der Waals surface area (Å²) in [7, 11) is 0. The molecule has 3 aromatic carbocycles. The molecule has 2 N–H and O–H groups in total. The highest BCUT2D eigenvalue weighted by molar-refractivity contribution is 5.81. The monoisotopic (exact) mass is 1230 g/mol. The minimum Gasteiger partial charge on any atom is -0.505 e. The summed E-state index contributed by atoms with van der Waals surface area (Å²) in [6.07, 6.45) is 30.2. The van der Waals surface area contributed by atoms with E-state index < -0.39 is 5.82 Å². The van der Waals surface area contributed by atoms with Gasteiger partial charge in [-0.2, -0.15) is 0 Å². The van der Waals surface area contributed by atoms with Crippen molar-refractivity contribution >= 4 is 65.4 Å². The first kappa shape index (κ1) is 70.9. The van der Waals surface area contributed by atoms with Crippen molar-refractivity contribution in [2.75, 3.05) is 19.8 Å². The molecule has 0 fully saturated rings. The summed E-state index contributed by atoms with van der Waals surface area (Å²) in [4.78, 5) is 14.7. The molecule has 7 rings (SSSR count). The van der Waals surface area contributed by atoms with Crippen molar-refractivity contribution in [3.63, 3.8) is 0 Å². The van der Waals surface area contributed by atoms with Crippen LogP contribution in [-0.2, 0) is 19.3 Å². The molecule has 0 atom stereocenters. The Labute approximate surface area is 550 Å². The first-order valence-electron chi connectivity index (χ1n) is 34.7. The van der Waals surface area contributed by atoms with Gasteiger partial charge in [-0.15, -0.1) is 0 Å². The number of aryl methyl sites for hydroxylation is 3. The number of aromatic nitrogens is 3. The molecular formula is C83H96FN3O5. The molecule has 9 heteroatoms. The van der Waals surface area contributed by atoms with Crippen LogP contribution in [0.5, 0.6) is 28.7 Å². The lowest BCUT2D eigenvalue weighted by atomic mass is 10.0. The maximum atomic E-state index is 17.0. The maximum Gasteiger partial charge on any atom is 0.154 e. The van der Waals surface area contributed by atoms with Crippen LogP contribution >= 0.6 is 0 Å². The predicted octanol–water partition coefficient (Wildman–Crippen LogP) is 22.0. The molecule has 0 unspecified atom stereocenters. The third kappa shape index (κ3) is 24.6. The minimum absolute atomic E-state index is 0.0688. The zero-order valence-corrected chi connectivity index (χ0v) is 55.9. The Morgan fingerprint density at radius 1 is 0.283 bits per heavy atom. The summed E-state index contributed by atoms with van der Waals surface area (Å²) in [5.41, 5.74) is 5.12. The highest BCUT2D eigenvalue weighted by atomic mass is 19.1. The van der Waals surface area contributed by atoms with Gasteiger partial charge < -0.3 is 24.4 Å². The van der Waals surface area contributed by atoms with E-state index in [0.29, 0.717) is 98.1 Å². The van der Waals surface area contributed by atoms with Crippen molar-refractivity contribution in [3.05, 3.63) is 168 Å². The van der Waals surface area contributed by atoms with Gasteiger partial charge in [-0.3, -0.25) is 0 Å². The number of fused-ring (bicyclic) bond motifs is 12. The van der Waals surface area contributed by atoms with Crippen molar-refractivity contribution in [1.82, 2.24) is 15.0 Å². The number of phenolic OH excluding ortho intramolecular Hbond substituents is 2. The van der Waals surface area contributed by atoms with Gasteiger partial charge in [0.15, 0.2) is 5.82 Å². The number of phenols is 2. The first-order chi connectivity index (χ1) is 45.1. The maximum absolute atomic E-state index is 17.0. The number of aromatic hydroxyl groups is 2. The zero-order valence-electron chi connectivity index (χ0n) is 55.9. The fourth-order valence-corrected chi connectivity index (χ4v) is 10.8. The highest BCUT2D eigenvalue weighted by Crippen LogP contribution is 2.28.